The van der Waals surface area contributed by atoms with Gasteiger partial charge in [0, 0.05) is 24.9 Å². The van der Waals surface area contributed by atoms with E-state index in [9.17, 15) is 9.59 Å². The molecule has 2 aromatic heterocycles. The van der Waals surface area contributed by atoms with E-state index < -0.39 is 5.97 Å². The van der Waals surface area contributed by atoms with Crippen molar-refractivity contribution in [2.45, 2.75) is 38.3 Å². The molecule has 8 nitrogen and oxygen atoms in total. The van der Waals surface area contributed by atoms with Gasteiger partial charge in [-0.3, -0.25) is 19.0 Å². The second-order valence-electron chi connectivity index (χ2n) is 5.64. The molecule has 0 atom stereocenters. The van der Waals surface area contributed by atoms with Gasteiger partial charge in [-0.1, -0.05) is 0 Å². The van der Waals surface area contributed by atoms with Crippen molar-refractivity contribution in [1.82, 2.24) is 24.9 Å². The van der Waals surface area contributed by atoms with Crippen molar-refractivity contribution in [1.29, 1.82) is 0 Å². The van der Waals surface area contributed by atoms with Crippen LogP contribution in [0, 0.1) is 0 Å². The van der Waals surface area contributed by atoms with Crippen LogP contribution in [0.3, 0.4) is 0 Å². The summed E-state index contributed by atoms with van der Waals surface area (Å²) in [7, 11) is 0. The molecule has 2 aromatic rings. The molecule has 0 unspecified atom stereocenters. The van der Waals surface area contributed by atoms with Crippen LogP contribution < -0.4 is 5.32 Å². The molecule has 0 spiro atoms. The molecule has 2 heterocycles. The fraction of sp³-hybridized carbons (Fsp3) is 0.467. The minimum absolute atomic E-state index is 0.0225. The number of aryl methyl sites for hydroxylation is 1. The van der Waals surface area contributed by atoms with E-state index in [1.807, 2.05) is 16.9 Å². The van der Waals surface area contributed by atoms with E-state index in [4.69, 9.17) is 5.11 Å². The number of amides is 1. The molecule has 8 heteroatoms. The summed E-state index contributed by atoms with van der Waals surface area (Å²) in [6, 6.07) is 3.61. The lowest BCUT2D eigenvalue weighted by Gasteiger charge is -2.04. The number of carboxylic acid groups (broad SMARTS) is 1. The molecule has 1 fully saturated rings. The van der Waals surface area contributed by atoms with E-state index in [1.54, 1.807) is 12.3 Å². The lowest BCUT2D eigenvalue weighted by Crippen LogP contribution is -2.28. The third kappa shape index (κ3) is 4.18. The lowest BCUT2D eigenvalue weighted by molar-refractivity contribution is -0.137. The van der Waals surface area contributed by atoms with Crippen molar-refractivity contribution in [3.8, 4) is 0 Å². The summed E-state index contributed by atoms with van der Waals surface area (Å²) in [5.41, 5.74) is 1.42. The Labute approximate surface area is 133 Å². The van der Waals surface area contributed by atoms with Gasteiger partial charge in [-0.05, 0) is 25.0 Å². The number of hydrogen-bond acceptors (Lipinski definition) is 4. The van der Waals surface area contributed by atoms with E-state index in [-0.39, 0.29) is 24.6 Å². The predicted molar refractivity (Wildman–Crippen MR) is 81.0 cm³/mol. The number of rotatable bonds is 8. The van der Waals surface area contributed by atoms with Crippen LogP contribution in [-0.2, 0) is 17.9 Å². The summed E-state index contributed by atoms with van der Waals surface area (Å²) < 4.78 is 3.29. The van der Waals surface area contributed by atoms with Crippen molar-refractivity contribution in [2.75, 3.05) is 6.54 Å². The number of carboxylic acids is 1. The minimum Gasteiger partial charge on any atom is -0.481 e. The summed E-state index contributed by atoms with van der Waals surface area (Å²) in [6.45, 7) is 1.32. The number of aliphatic carboxylic acids is 1. The summed E-state index contributed by atoms with van der Waals surface area (Å²) in [5.74, 6) is -0.537. The smallest absolute Gasteiger partial charge is 0.305 e. The molecule has 0 aliphatic heterocycles. The second-order valence-corrected chi connectivity index (χ2v) is 5.64. The van der Waals surface area contributed by atoms with Crippen molar-refractivity contribution >= 4 is 11.9 Å². The number of hydrogen-bond donors (Lipinski definition) is 2. The first kappa shape index (κ1) is 15.3. The Bertz CT molecular complexity index is 702. The van der Waals surface area contributed by atoms with Gasteiger partial charge >= 0.3 is 5.97 Å². The van der Waals surface area contributed by atoms with Gasteiger partial charge in [-0.2, -0.15) is 10.2 Å². The molecule has 0 aromatic carbocycles. The van der Waals surface area contributed by atoms with Crippen LogP contribution in [0.5, 0.6) is 0 Å². The third-order valence-electron chi connectivity index (χ3n) is 3.71. The first-order valence-electron chi connectivity index (χ1n) is 7.68. The predicted octanol–water partition coefficient (Wildman–Crippen LogP) is 0.862. The summed E-state index contributed by atoms with van der Waals surface area (Å²) in [6.07, 6.45) is 5.95. The minimum atomic E-state index is -0.892. The number of nitrogens with zero attached hydrogens (tertiary/aromatic N) is 4. The molecule has 0 radical (unpaired) electrons. The van der Waals surface area contributed by atoms with Crippen LogP contribution in [0.4, 0.5) is 0 Å². The van der Waals surface area contributed by atoms with Gasteiger partial charge in [0.15, 0.2) is 0 Å². The highest BCUT2D eigenvalue weighted by molar-refractivity contribution is 5.92. The van der Waals surface area contributed by atoms with Gasteiger partial charge in [0.05, 0.1) is 25.2 Å². The molecular weight excluding hydrogens is 298 g/mol. The number of carbonyl (C=O) groups excluding carboxylic acids is 1. The maximum atomic E-state index is 12.0. The normalized spacial score (nSPS) is 13.9. The first-order chi connectivity index (χ1) is 11.1. The molecule has 0 saturated heterocycles. The highest BCUT2D eigenvalue weighted by Crippen LogP contribution is 2.38. The second kappa shape index (κ2) is 6.64. The average Bonchev–Trinajstić information content (AvgIpc) is 3.08. The fourth-order valence-corrected chi connectivity index (χ4v) is 2.29. The maximum Gasteiger partial charge on any atom is 0.305 e. The summed E-state index contributed by atoms with van der Waals surface area (Å²) in [4.78, 5) is 22.5. The number of nitrogens with one attached hydrogen (secondary N) is 1. The zero-order chi connectivity index (χ0) is 16.2. The molecule has 122 valence electrons. The van der Waals surface area contributed by atoms with E-state index in [0.717, 1.165) is 5.69 Å². The van der Waals surface area contributed by atoms with Crippen molar-refractivity contribution < 1.29 is 14.7 Å². The van der Waals surface area contributed by atoms with Gasteiger partial charge in [0.1, 0.15) is 5.69 Å². The quantitative estimate of drug-likeness (QED) is 0.752. The van der Waals surface area contributed by atoms with E-state index >= 15 is 0 Å². The lowest BCUT2D eigenvalue weighted by atomic mass is 10.3. The molecule has 0 bridgehead atoms. The van der Waals surface area contributed by atoms with Crippen LogP contribution in [0.2, 0.25) is 0 Å². The fourth-order valence-electron chi connectivity index (χ4n) is 2.29. The molecule has 2 N–H and O–H groups in total. The van der Waals surface area contributed by atoms with Crippen molar-refractivity contribution in [3.63, 3.8) is 0 Å². The molecule has 3 rings (SSSR count). The van der Waals surface area contributed by atoms with Crippen LogP contribution in [0.15, 0.2) is 24.5 Å². The third-order valence-corrected chi connectivity index (χ3v) is 3.71. The van der Waals surface area contributed by atoms with Crippen LogP contribution >= 0.6 is 0 Å². The van der Waals surface area contributed by atoms with E-state index in [2.05, 4.69) is 15.5 Å². The topological polar surface area (TPSA) is 102 Å². The maximum absolute atomic E-state index is 12.0. The Morgan fingerprint density at radius 1 is 1.17 bits per heavy atom. The van der Waals surface area contributed by atoms with Crippen LogP contribution in [0.25, 0.3) is 0 Å². The van der Waals surface area contributed by atoms with Crippen molar-refractivity contribution in [3.05, 3.63) is 35.9 Å². The standard InChI is InChI=1S/C15H19N5O3/c21-14(22)5-9-19-8-4-13(18-19)15(23)16-6-10-20-7-3-12(17-20)11-1-2-11/h3-4,7-8,11H,1-2,5-6,9-10H2,(H,16,23)(H,21,22). The number of aromatic nitrogens is 4. The Morgan fingerprint density at radius 2 is 1.91 bits per heavy atom. The molecule has 1 saturated carbocycles. The molecule has 1 aliphatic rings. The highest BCUT2D eigenvalue weighted by atomic mass is 16.4. The average molecular weight is 317 g/mol. The summed E-state index contributed by atoms with van der Waals surface area (Å²) >= 11 is 0. The van der Waals surface area contributed by atoms with Gasteiger partial charge in [-0.25, -0.2) is 0 Å². The Morgan fingerprint density at radius 3 is 2.65 bits per heavy atom. The Balaban J connectivity index is 1.44. The molecular formula is C15H19N5O3. The zero-order valence-electron chi connectivity index (χ0n) is 12.7. The van der Waals surface area contributed by atoms with E-state index in [1.165, 1.54) is 17.5 Å². The van der Waals surface area contributed by atoms with Crippen molar-refractivity contribution in [2.24, 2.45) is 0 Å². The molecule has 1 aliphatic carbocycles. The Kier molecular flexibility index (Phi) is 4.40. The SMILES string of the molecule is O=C(O)CCn1ccc(C(=O)NCCn2ccc(C3CC3)n2)n1. The largest absolute Gasteiger partial charge is 0.481 e. The Hall–Kier alpha value is -2.64. The molecule has 1 amide bonds. The highest BCUT2D eigenvalue weighted by Gasteiger charge is 2.25. The van der Waals surface area contributed by atoms with Crippen LogP contribution in [0.1, 0.15) is 41.4 Å². The van der Waals surface area contributed by atoms with Gasteiger partial charge < -0.3 is 10.4 Å². The molecule has 23 heavy (non-hydrogen) atoms. The van der Waals surface area contributed by atoms with Crippen LogP contribution in [-0.4, -0.2) is 43.1 Å². The summed E-state index contributed by atoms with van der Waals surface area (Å²) in [5, 5.41) is 20.0. The monoisotopic (exact) mass is 317 g/mol. The van der Waals surface area contributed by atoms with Gasteiger partial charge in [0.2, 0.25) is 0 Å². The number of carbonyl (C=O) groups is 2. The van der Waals surface area contributed by atoms with Gasteiger partial charge in [-0.15, -0.1) is 0 Å². The van der Waals surface area contributed by atoms with E-state index in [0.29, 0.717) is 19.0 Å². The zero-order valence-corrected chi connectivity index (χ0v) is 12.7. The van der Waals surface area contributed by atoms with Gasteiger partial charge in [0.25, 0.3) is 5.91 Å². The first-order valence-corrected chi connectivity index (χ1v) is 7.68.